The summed E-state index contributed by atoms with van der Waals surface area (Å²) in [5.74, 6) is 0.662. The Balaban J connectivity index is 0.000000261. The molecule has 0 radical (unpaired) electrons. The number of nitrogens with two attached hydrogens (primary N) is 1. The fraction of sp³-hybridized carbons (Fsp3) is 0.429. The van der Waals surface area contributed by atoms with Crippen LogP contribution in [0.5, 0.6) is 0 Å². The van der Waals surface area contributed by atoms with Crippen LogP contribution in [0.3, 0.4) is 0 Å². The van der Waals surface area contributed by atoms with Gasteiger partial charge in [0.25, 0.3) is 5.56 Å². The summed E-state index contributed by atoms with van der Waals surface area (Å²) in [4.78, 5) is 19.5. The van der Waals surface area contributed by atoms with E-state index in [1.165, 1.54) is 0 Å². The normalized spacial score (nSPS) is 8.58. The molecule has 0 saturated heterocycles. The van der Waals surface area contributed by atoms with Gasteiger partial charge in [0.1, 0.15) is 12.0 Å². The Bertz CT molecular complexity index is 287. The number of carbonyl (C=O) groups is 1. The summed E-state index contributed by atoms with van der Waals surface area (Å²) in [6.07, 6.45) is 0.653. The number of carbonyl (C=O) groups excluding carboxylic acids is 1. The SMILES string of the molecule is Cc1o[nH]c(=O)c1C.NCC=O. The summed E-state index contributed by atoms with van der Waals surface area (Å²) < 4.78 is 4.66. The number of aryl methyl sites for hydroxylation is 1. The molecule has 1 heterocycles. The second-order valence-corrected chi connectivity index (χ2v) is 2.12. The van der Waals surface area contributed by atoms with E-state index in [-0.39, 0.29) is 12.1 Å². The number of hydrogen-bond acceptors (Lipinski definition) is 4. The molecule has 0 spiro atoms. The van der Waals surface area contributed by atoms with Gasteiger partial charge in [-0.05, 0) is 13.8 Å². The smallest absolute Gasteiger partial charge is 0.283 e. The number of aldehydes is 1. The molecule has 0 atom stereocenters. The fourth-order valence-electron chi connectivity index (χ4n) is 0.436. The van der Waals surface area contributed by atoms with Crippen molar-refractivity contribution in [3.05, 3.63) is 21.7 Å². The first-order valence-electron chi connectivity index (χ1n) is 3.41. The maximum absolute atomic E-state index is 10.5. The topological polar surface area (TPSA) is 89.1 Å². The molecule has 0 unspecified atom stereocenters. The van der Waals surface area contributed by atoms with E-state index >= 15 is 0 Å². The maximum Gasteiger partial charge on any atom is 0.283 e. The molecule has 1 rings (SSSR count). The first-order valence-corrected chi connectivity index (χ1v) is 3.41. The largest absolute Gasteiger partial charge is 0.384 e. The lowest BCUT2D eigenvalue weighted by Crippen LogP contribution is -2.00. The molecule has 0 aromatic carbocycles. The fourth-order valence-corrected chi connectivity index (χ4v) is 0.436. The van der Waals surface area contributed by atoms with Crippen molar-refractivity contribution in [2.45, 2.75) is 13.8 Å². The highest BCUT2D eigenvalue weighted by Gasteiger charge is 1.98. The van der Waals surface area contributed by atoms with Crippen LogP contribution in [-0.4, -0.2) is 18.0 Å². The number of nitrogens with one attached hydrogen (secondary N) is 1. The molecule has 68 valence electrons. The highest BCUT2D eigenvalue weighted by atomic mass is 16.5. The Morgan fingerprint density at radius 3 is 2.17 bits per heavy atom. The van der Waals surface area contributed by atoms with E-state index in [1.54, 1.807) is 13.8 Å². The van der Waals surface area contributed by atoms with Crippen LogP contribution >= 0.6 is 0 Å². The van der Waals surface area contributed by atoms with Crippen LogP contribution in [0.1, 0.15) is 11.3 Å². The second kappa shape index (κ2) is 5.31. The van der Waals surface area contributed by atoms with Crippen molar-refractivity contribution in [3.8, 4) is 0 Å². The molecule has 5 nitrogen and oxygen atoms in total. The molecule has 0 aliphatic rings. The van der Waals surface area contributed by atoms with Gasteiger partial charge in [-0.25, -0.2) is 0 Å². The van der Waals surface area contributed by atoms with Gasteiger partial charge in [-0.1, -0.05) is 0 Å². The van der Waals surface area contributed by atoms with Crippen molar-refractivity contribution < 1.29 is 9.32 Å². The molecule has 3 N–H and O–H groups in total. The van der Waals surface area contributed by atoms with Gasteiger partial charge in [0.15, 0.2) is 0 Å². The minimum absolute atomic E-state index is 0.137. The van der Waals surface area contributed by atoms with E-state index in [2.05, 4.69) is 15.4 Å². The lowest BCUT2D eigenvalue weighted by atomic mass is 10.3. The summed E-state index contributed by atoms with van der Waals surface area (Å²) in [5, 5.41) is 2.21. The van der Waals surface area contributed by atoms with E-state index in [1.807, 2.05) is 0 Å². The van der Waals surface area contributed by atoms with Gasteiger partial charge in [-0.15, -0.1) is 0 Å². The minimum atomic E-state index is -0.137. The van der Waals surface area contributed by atoms with Gasteiger partial charge in [0, 0.05) is 6.54 Å². The van der Waals surface area contributed by atoms with E-state index < -0.39 is 0 Å². The van der Waals surface area contributed by atoms with Gasteiger partial charge >= 0.3 is 0 Å². The highest BCUT2D eigenvalue weighted by molar-refractivity contribution is 5.51. The Morgan fingerprint density at radius 1 is 1.58 bits per heavy atom. The third-order valence-corrected chi connectivity index (χ3v) is 1.26. The summed E-state index contributed by atoms with van der Waals surface area (Å²) in [7, 11) is 0. The van der Waals surface area contributed by atoms with Crippen LogP contribution in [0.4, 0.5) is 0 Å². The Kier molecular flexibility index (Phi) is 4.71. The van der Waals surface area contributed by atoms with Crippen molar-refractivity contribution in [1.29, 1.82) is 0 Å². The molecule has 12 heavy (non-hydrogen) atoms. The number of aromatic amines is 1. The lowest BCUT2D eigenvalue weighted by Gasteiger charge is -1.75. The zero-order valence-corrected chi connectivity index (χ0v) is 7.09. The molecular formula is C7H12N2O3. The van der Waals surface area contributed by atoms with Gasteiger partial charge in [-0.2, -0.15) is 5.16 Å². The zero-order chi connectivity index (χ0) is 9.56. The Hall–Kier alpha value is -1.36. The van der Waals surface area contributed by atoms with Crippen LogP contribution < -0.4 is 11.3 Å². The first kappa shape index (κ1) is 10.6. The average Bonchev–Trinajstić information content (AvgIpc) is 2.37. The first-order chi connectivity index (χ1) is 5.63. The summed E-state index contributed by atoms with van der Waals surface area (Å²) >= 11 is 0. The van der Waals surface area contributed by atoms with Gasteiger partial charge in [-0.3, -0.25) is 4.79 Å². The van der Waals surface area contributed by atoms with Crippen LogP contribution in [0.2, 0.25) is 0 Å². The van der Waals surface area contributed by atoms with Crippen LogP contribution in [0.15, 0.2) is 9.32 Å². The van der Waals surface area contributed by atoms with Gasteiger partial charge in [0.05, 0.1) is 5.56 Å². The summed E-state index contributed by atoms with van der Waals surface area (Å²) in [6.45, 7) is 3.60. The van der Waals surface area contributed by atoms with Crippen molar-refractivity contribution in [1.82, 2.24) is 5.16 Å². The van der Waals surface area contributed by atoms with Crippen LogP contribution in [-0.2, 0) is 4.79 Å². The third kappa shape index (κ3) is 3.16. The molecular weight excluding hydrogens is 160 g/mol. The van der Waals surface area contributed by atoms with Crippen LogP contribution in [0.25, 0.3) is 0 Å². The quantitative estimate of drug-likeness (QED) is 0.570. The summed E-state index contributed by atoms with van der Waals surface area (Å²) in [5.41, 5.74) is 5.18. The standard InChI is InChI=1S/C5H7NO2.C2H5NO/c1-3-4(2)8-6-5(3)7;3-1-2-4/h1-2H3,(H,6,7);2H,1,3H2. The number of rotatable bonds is 1. The molecule has 0 bridgehead atoms. The van der Waals surface area contributed by atoms with Crippen LogP contribution in [0, 0.1) is 13.8 Å². The molecule has 0 aliphatic heterocycles. The van der Waals surface area contributed by atoms with E-state index in [0.29, 0.717) is 17.6 Å². The van der Waals surface area contributed by atoms with Crippen molar-refractivity contribution in [2.75, 3.05) is 6.54 Å². The number of hydrogen-bond donors (Lipinski definition) is 2. The molecule has 0 aliphatic carbocycles. The summed E-state index contributed by atoms with van der Waals surface area (Å²) in [6, 6.07) is 0. The van der Waals surface area contributed by atoms with Crippen molar-refractivity contribution in [3.63, 3.8) is 0 Å². The third-order valence-electron chi connectivity index (χ3n) is 1.26. The lowest BCUT2D eigenvalue weighted by molar-refractivity contribution is -0.106. The van der Waals surface area contributed by atoms with E-state index in [4.69, 9.17) is 4.79 Å². The van der Waals surface area contributed by atoms with E-state index in [0.717, 1.165) is 0 Å². The Labute approximate surface area is 69.5 Å². The maximum atomic E-state index is 10.5. The monoisotopic (exact) mass is 172 g/mol. The molecule has 0 amide bonds. The molecule has 1 aromatic heterocycles. The predicted octanol–water partition coefficient (Wildman–Crippen LogP) is -0.271. The highest BCUT2D eigenvalue weighted by Crippen LogP contribution is 1.95. The number of H-pyrrole nitrogens is 1. The second-order valence-electron chi connectivity index (χ2n) is 2.12. The van der Waals surface area contributed by atoms with Gasteiger partial charge in [0.2, 0.25) is 0 Å². The molecule has 0 fully saturated rings. The van der Waals surface area contributed by atoms with Crippen molar-refractivity contribution >= 4 is 6.29 Å². The minimum Gasteiger partial charge on any atom is -0.384 e. The van der Waals surface area contributed by atoms with Gasteiger partial charge < -0.3 is 15.1 Å². The molecule has 0 saturated carbocycles. The van der Waals surface area contributed by atoms with Crippen molar-refractivity contribution in [2.24, 2.45) is 5.73 Å². The molecule has 5 heteroatoms. The molecule has 1 aromatic rings. The predicted molar refractivity (Wildman–Crippen MR) is 43.9 cm³/mol. The Morgan fingerprint density at radius 2 is 2.08 bits per heavy atom. The van der Waals surface area contributed by atoms with E-state index in [9.17, 15) is 4.79 Å². The average molecular weight is 172 g/mol. The zero-order valence-electron chi connectivity index (χ0n) is 7.09. The number of aromatic nitrogens is 1.